The van der Waals surface area contributed by atoms with Gasteiger partial charge in [0.15, 0.2) is 0 Å². The van der Waals surface area contributed by atoms with Gasteiger partial charge >= 0.3 is 0 Å². The SMILES string of the molecule is CC.CC.CC.CC(=C/C(C)=C/N(c1ncc(CN(C)C)[nH]1)c1ncccc1C)/C=C/Cl.Cc1cccnc1. The van der Waals surface area contributed by atoms with E-state index in [0.717, 1.165) is 40.7 Å². The summed E-state index contributed by atoms with van der Waals surface area (Å²) >= 11 is 5.66. The summed E-state index contributed by atoms with van der Waals surface area (Å²) < 4.78 is 0. The van der Waals surface area contributed by atoms with Crippen LogP contribution in [-0.2, 0) is 6.54 Å². The van der Waals surface area contributed by atoms with Crippen molar-refractivity contribution in [3.8, 4) is 0 Å². The van der Waals surface area contributed by atoms with Gasteiger partial charge in [-0.1, -0.05) is 71.4 Å². The minimum absolute atomic E-state index is 0.738. The third kappa shape index (κ3) is 16.4. The number of anilines is 2. The Morgan fingerprint density at radius 2 is 1.54 bits per heavy atom. The van der Waals surface area contributed by atoms with Gasteiger partial charge in [-0.25, -0.2) is 9.97 Å². The number of hydrogen-bond acceptors (Lipinski definition) is 5. The molecule has 0 unspecified atom stereocenters. The first-order valence-corrected chi connectivity index (χ1v) is 14.1. The number of aromatic amines is 1. The molecule has 0 fully saturated rings. The fourth-order valence-electron chi connectivity index (χ4n) is 3.04. The van der Waals surface area contributed by atoms with Gasteiger partial charge in [0, 0.05) is 36.9 Å². The quantitative estimate of drug-likeness (QED) is 0.295. The van der Waals surface area contributed by atoms with Gasteiger partial charge in [-0.3, -0.25) is 9.88 Å². The molecular formula is C32H51ClN6. The highest BCUT2D eigenvalue weighted by molar-refractivity contribution is 6.25. The van der Waals surface area contributed by atoms with Gasteiger partial charge in [-0.05, 0) is 82.3 Å². The smallest absolute Gasteiger partial charge is 0.213 e. The second-order valence-electron chi connectivity index (χ2n) is 8.07. The second kappa shape index (κ2) is 23.9. The number of allylic oxidation sites excluding steroid dienone is 4. The van der Waals surface area contributed by atoms with E-state index in [1.54, 1.807) is 12.4 Å². The number of imidazole rings is 1. The molecule has 216 valence electrons. The van der Waals surface area contributed by atoms with Crippen LogP contribution in [0.5, 0.6) is 0 Å². The van der Waals surface area contributed by atoms with E-state index >= 15 is 0 Å². The normalized spacial score (nSPS) is 10.7. The first kappa shape index (κ1) is 37.9. The van der Waals surface area contributed by atoms with E-state index in [2.05, 4.69) is 30.9 Å². The summed E-state index contributed by atoms with van der Waals surface area (Å²) in [5.41, 5.74) is 6.98. The third-order valence-electron chi connectivity index (χ3n) is 4.46. The predicted octanol–water partition coefficient (Wildman–Crippen LogP) is 9.38. The van der Waals surface area contributed by atoms with E-state index in [1.165, 1.54) is 11.1 Å². The number of aryl methyl sites for hydroxylation is 2. The van der Waals surface area contributed by atoms with Gasteiger partial charge in [0.25, 0.3) is 0 Å². The number of H-pyrrole nitrogens is 1. The number of halogens is 1. The maximum Gasteiger partial charge on any atom is 0.213 e. The average molecular weight is 555 g/mol. The van der Waals surface area contributed by atoms with Crippen LogP contribution < -0.4 is 4.90 Å². The van der Waals surface area contributed by atoms with E-state index in [-0.39, 0.29) is 0 Å². The molecule has 0 radical (unpaired) electrons. The first-order chi connectivity index (χ1) is 18.8. The van der Waals surface area contributed by atoms with Gasteiger partial charge in [-0.15, -0.1) is 0 Å². The van der Waals surface area contributed by atoms with Crippen LogP contribution in [0.25, 0.3) is 0 Å². The van der Waals surface area contributed by atoms with E-state index in [9.17, 15) is 0 Å². The number of aromatic nitrogens is 4. The molecule has 6 nitrogen and oxygen atoms in total. The summed E-state index contributed by atoms with van der Waals surface area (Å²) in [6.07, 6.45) is 13.2. The first-order valence-electron chi connectivity index (χ1n) is 13.7. The van der Waals surface area contributed by atoms with Crippen LogP contribution in [-0.4, -0.2) is 38.9 Å². The Kier molecular flexibility index (Phi) is 23.2. The standard InChI is InChI=1S/C20H26ClN5.C6H7N.3C2H6/c1-15(8-9-21)11-16(2)13-26(19-17(3)7-6-10-22-19)20-23-12-18(24-20)14-25(4)5;1-6-3-2-4-7-5-6;3*1-2/h6-13H,14H2,1-5H3,(H,23,24);2-5H,1H3;3*1-2H3/b9-8+,15-11-,16-13+;;;;. The van der Waals surface area contributed by atoms with Crippen molar-refractivity contribution in [1.82, 2.24) is 24.8 Å². The highest BCUT2D eigenvalue weighted by atomic mass is 35.5. The predicted molar refractivity (Wildman–Crippen MR) is 173 cm³/mol. The molecule has 0 bridgehead atoms. The van der Waals surface area contributed by atoms with Gasteiger partial charge in [0.1, 0.15) is 5.82 Å². The minimum Gasteiger partial charge on any atom is -0.326 e. The minimum atomic E-state index is 0.738. The molecule has 0 spiro atoms. The molecule has 7 heteroatoms. The number of nitrogens with one attached hydrogen (secondary N) is 1. The molecule has 39 heavy (non-hydrogen) atoms. The lowest BCUT2D eigenvalue weighted by molar-refractivity contribution is 0.397. The highest BCUT2D eigenvalue weighted by Gasteiger charge is 2.14. The van der Waals surface area contributed by atoms with Crippen LogP contribution in [0, 0.1) is 13.8 Å². The summed E-state index contributed by atoms with van der Waals surface area (Å²) in [7, 11) is 4.06. The summed E-state index contributed by atoms with van der Waals surface area (Å²) in [5.74, 6) is 1.58. The highest BCUT2D eigenvalue weighted by Crippen LogP contribution is 2.25. The Morgan fingerprint density at radius 3 is 2.03 bits per heavy atom. The van der Waals surface area contributed by atoms with Crippen molar-refractivity contribution in [2.45, 2.75) is 75.8 Å². The molecule has 3 aromatic rings. The molecule has 0 saturated carbocycles. The van der Waals surface area contributed by atoms with E-state index in [1.807, 2.05) is 137 Å². The molecule has 0 atom stereocenters. The third-order valence-corrected chi connectivity index (χ3v) is 4.59. The number of rotatable bonds is 7. The molecule has 3 aromatic heterocycles. The number of nitrogens with zero attached hydrogens (tertiary/aromatic N) is 5. The zero-order chi connectivity index (χ0) is 30.2. The summed E-state index contributed by atoms with van der Waals surface area (Å²) in [6, 6.07) is 7.92. The van der Waals surface area contributed by atoms with Gasteiger partial charge in [0.2, 0.25) is 5.95 Å². The number of pyridine rings is 2. The summed E-state index contributed by atoms with van der Waals surface area (Å²) in [5, 5.41) is 0. The fraction of sp³-hybridized carbons (Fsp3) is 0.406. The van der Waals surface area contributed by atoms with Crippen molar-refractivity contribution in [2.75, 3.05) is 19.0 Å². The zero-order valence-corrected chi connectivity index (χ0v) is 27.0. The van der Waals surface area contributed by atoms with Gasteiger partial charge in [0.05, 0.1) is 11.9 Å². The molecule has 0 aliphatic carbocycles. The maximum absolute atomic E-state index is 5.66. The lowest BCUT2D eigenvalue weighted by Gasteiger charge is -2.19. The van der Waals surface area contributed by atoms with Crippen molar-refractivity contribution in [2.24, 2.45) is 0 Å². The summed E-state index contributed by atoms with van der Waals surface area (Å²) in [4.78, 5) is 20.5. The molecule has 0 aliphatic rings. The molecule has 3 heterocycles. The van der Waals surface area contributed by atoms with Crippen molar-refractivity contribution < 1.29 is 0 Å². The summed E-state index contributed by atoms with van der Waals surface area (Å²) in [6.45, 7) is 20.9. The zero-order valence-electron chi connectivity index (χ0n) is 26.2. The maximum atomic E-state index is 5.66. The lowest BCUT2D eigenvalue weighted by Crippen LogP contribution is -2.15. The van der Waals surface area contributed by atoms with Crippen LogP contribution in [0.15, 0.2) is 84.1 Å². The van der Waals surface area contributed by atoms with Gasteiger partial charge in [-0.2, -0.15) is 0 Å². The Hall–Kier alpha value is -3.22. The van der Waals surface area contributed by atoms with E-state index < -0.39 is 0 Å². The Balaban J connectivity index is 0. The van der Waals surface area contributed by atoms with Crippen molar-refractivity contribution in [3.63, 3.8) is 0 Å². The van der Waals surface area contributed by atoms with Crippen molar-refractivity contribution >= 4 is 23.4 Å². The van der Waals surface area contributed by atoms with Crippen molar-refractivity contribution in [1.29, 1.82) is 0 Å². The average Bonchev–Trinajstić information content (AvgIpc) is 3.39. The van der Waals surface area contributed by atoms with Crippen LogP contribution in [0.1, 0.15) is 72.2 Å². The molecular weight excluding hydrogens is 504 g/mol. The fourth-order valence-corrected chi connectivity index (χ4v) is 3.24. The molecule has 0 aromatic carbocycles. The lowest BCUT2D eigenvalue weighted by atomic mass is 10.2. The van der Waals surface area contributed by atoms with Crippen LogP contribution in [0.3, 0.4) is 0 Å². The largest absolute Gasteiger partial charge is 0.326 e. The van der Waals surface area contributed by atoms with Crippen molar-refractivity contribution in [3.05, 3.63) is 101 Å². The monoisotopic (exact) mass is 554 g/mol. The molecule has 0 amide bonds. The van der Waals surface area contributed by atoms with Crippen LogP contribution in [0.4, 0.5) is 11.8 Å². The molecule has 0 saturated heterocycles. The topological polar surface area (TPSA) is 60.9 Å². The van der Waals surface area contributed by atoms with Crippen LogP contribution in [0.2, 0.25) is 0 Å². The second-order valence-corrected chi connectivity index (χ2v) is 8.32. The molecule has 0 aliphatic heterocycles. The number of hydrogen-bond donors (Lipinski definition) is 1. The van der Waals surface area contributed by atoms with E-state index in [0.29, 0.717) is 0 Å². The molecule has 3 rings (SSSR count). The van der Waals surface area contributed by atoms with Crippen LogP contribution >= 0.6 is 11.6 Å². The Bertz CT molecular complexity index is 1080. The molecule has 1 N–H and O–H groups in total. The van der Waals surface area contributed by atoms with Gasteiger partial charge < -0.3 is 9.88 Å². The Labute approximate surface area is 243 Å². The van der Waals surface area contributed by atoms with E-state index in [4.69, 9.17) is 11.6 Å². The Morgan fingerprint density at radius 1 is 0.897 bits per heavy atom.